The van der Waals surface area contributed by atoms with Gasteiger partial charge < -0.3 is 5.32 Å². The number of hydrogen-bond acceptors (Lipinski definition) is 1. The van der Waals surface area contributed by atoms with Crippen molar-refractivity contribution in [2.75, 3.05) is 6.54 Å². The molecule has 0 aromatic heterocycles. The summed E-state index contributed by atoms with van der Waals surface area (Å²) >= 11 is 0. The van der Waals surface area contributed by atoms with Crippen LogP contribution in [0, 0.1) is 6.92 Å². The summed E-state index contributed by atoms with van der Waals surface area (Å²) in [6.45, 7) is 3.48. The molecule has 0 amide bonds. The van der Waals surface area contributed by atoms with Gasteiger partial charge in [0.1, 0.15) is 0 Å². The Hall–Kier alpha value is -0.820. The minimum atomic E-state index is 0.423. The minimum absolute atomic E-state index is 0.423. The van der Waals surface area contributed by atoms with E-state index in [1.807, 2.05) is 0 Å². The molecule has 1 aromatic carbocycles. The molecular weight excluding hydrogens is 218 g/mol. The summed E-state index contributed by atoms with van der Waals surface area (Å²) < 4.78 is 0. The highest BCUT2D eigenvalue weighted by molar-refractivity contribution is 5.34. The summed E-state index contributed by atoms with van der Waals surface area (Å²) in [6.07, 6.45) is 9.77. The first-order valence-electron chi connectivity index (χ1n) is 7.60. The number of hydrogen-bond donors (Lipinski definition) is 1. The Kier molecular flexibility index (Phi) is 3.43. The van der Waals surface area contributed by atoms with E-state index in [2.05, 4.69) is 36.5 Å². The van der Waals surface area contributed by atoms with Gasteiger partial charge in [0, 0.05) is 18.0 Å². The largest absolute Gasteiger partial charge is 0.313 e. The SMILES string of the molecule is Cc1ccccc1C1(CNC2CC2)CCCCC1. The lowest BCUT2D eigenvalue weighted by Crippen LogP contribution is -2.41. The molecule has 2 aliphatic rings. The monoisotopic (exact) mass is 243 g/mol. The standard InChI is InChI=1S/C17H25N/c1-14-7-3-4-8-16(14)17(11-5-2-6-12-17)13-18-15-9-10-15/h3-4,7-8,15,18H,2,5-6,9-13H2,1H3. The fourth-order valence-electron chi connectivity index (χ4n) is 3.56. The van der Waals surface area contributed by atoms with E-state index < -0.39 is 0 Å². The molecule has 3 rings (SSSR count). The quantitative estimate of drug-likeness (QED) is 0.844. The van der Waals surface area contributed by atoms with Crippen LogP contribution in [0.15, 0.2) is 24.3 Å². The van der Waals surface area contributed by atoms with Gasteiger partial charge in [-0.2, -0.15) is 0 Å². The lowest BCUT2D eigenvalue weighted by atomic mass is 9.68. The average Bonchev–Trinajstić information content (AvgIpc) is 3.22. The van der Waals surface area contributed by atoms with Crippen LogP contribution >= 0.6 is 0 Å². The lowest BCUT2D eigenvalue weighted by molar-refractivity contribution is 0.278. The van der Waals surface area contributed by atoms with Crippen LogP contribution in [0.1, 0.15) is 56.1 Å². The molecule has 1 heteroatoms. The van der Waals surface area contributed by atoms with Crippen LogP contribution in [-0.4, -0.2) is 12.6 Å². The Balaban J connectivity index is 1.85. The zero-order valence-corrected chi connectivity index (χ0v) is 11.5. The van der Waals surface area contributed by atoms with Crippen molar-refractivity contribution in [3.05, 3.63) is 35.4 Å². The van der Waals surface area contributed by atoms with Crippen LogP contribution in [0.3, 0.4) is 0 Å². The van der Waals surface area contributed by atoms with Crippen molar-refractivity contribution in [3.63, 3.8) is 0 Å². The third-order valence-corrected chi connectivity index (χ3v) is 4.83. The van der Waals surface area contributed by atoms with Crippen molar-refractivity contribution in [2.45, 2.75) is 63.3 Å². The van der Waals surface area contributed by atoms with Gasteiger partial charge in [-0.1, -0.05) is 43.5 Å². The van der Waals surface area contributed by atoms with Crippen molar-refractivity contribution in [2.24, 2.45) is 0 Å². The zero-order valence-electron chi connectivity index (χ0n) is 11.5. The summed E-state index contributed by atoms with van der Waals surface area (Å²) in [6, 6.07) is 9.87. The number of benzene rings is 1. The van der Waals surface area contributed by atoms with E-state index in [0.717, 1.165) is 6.04 Å². The predicted octanol–water partition coefficient (Wildman–Crippen LogP) is 3.95. The Morgan fingerprint density at radius 2 is 1.83 bits per heavy atom. The topological polar surface area (TPSA) is 12.0 Å². The fraction of sp³-hybridized carbons (Fsp3) is 0.647. The molecule has 0 spiro atoms. The third kappa shape index (κ3) is 2.47. The fourth-order valence-corrected chi connectivity index (χ4v) is 3.56. The van der Waals surface area contributed by atoms with Crippen LogP contribution in [-0.2, 0) is 5.41 Å². The minimum Gasteiger partial charge on any atom is -0.313 e. The van der Waals surface area contributed by atoms with Gasteiger partial charge in [-0.05, 0) is 43.7 Å². The van der Waals surface area contributed by atoms with E-state index in [1.165, 1.54) is 57.1 Å². The van der Waals surface area contributed by atoms with Crippen molar-refractivity contribution in [1.29, 1.82) is 0 Å². The van der Waals surface area contributed by atoms with Gasteiger partial charge >= 0.3 is 0 Å². The molecule has 0 unspecified atom stereocenters. The number of rotatable bonds is 4. The maximum absolute atomic E-state index is 3.79. The number of aryl methyl sites for hydroxylation is 1. The molecule has 0 atom stereocenters. The lowest BCUT2D eigenvalue weighted by Gasteiger charge is -2.39. The van der Waals surface area contributed by atoms with Gasteiger partial charge in [0.25, 0.3) is 0 Å². The first-order valence-corrected chi connectivity index (χ1v) is 7.60. The van der Waals surface area contributed by atoms with Crippen molar-refractivity contribution in [1.82, 2.24) is 5.32 Å². The molecule has 0 heterocycles. The second kappa shape index (κ2) is 5.05. The highest BCUT2D eigenvalue weighted by Crippen LogP contribution is 2.40. The van der Waals surface area contributed by atoms with Crippen molar-refractivity contribution in [3.8, 4) is 0 Å². The summed E-state index contributed by atoms with van der Waals surface area (Å²) in [5.41, 5.74) is 3.52. The molecule has 0 radical (unpaired) electrons. The maximum Gasteiger partial charge on any atom is 0.00805 e. The molecule has 1 aromatic rings. The smallest absolute Gasteiger partial charge is 0.00805 e. The first kappa shape index (κ1) is 12.2. The van der Waals surface area contributed by atoms with Gasteiger partial charge in [0.05, 0.1) is 0 Å². The summed E-state index contributed by atoms with van der Waals surface area (Å²) in [4.78, 5) is 0. The van der Waals surface area contributed by atoms with Crippen LogP contribution < -0.4 is 5.32 Å². The Labute approximate surface area is 111 Å². The Morgan fingerprint density at radius 3 is 2.50 bits per heavy atom. The molecule has 18 heavy (non-hydrogen) atoms. The molecule has 2 saturated carbocycles. The average molecular weight is 243 g/mol. The van der Waals surface area contributed by atoms with Crippen molar-refractivity contribution >= 4 is 0 Å². The van der Waals surface area contributed by atoms with Crippen LogP contribution in [0.4, 0.5) is 0 Å². The third-order valence-electron chi connectivity index (χ3n) is 4.83. The van der Waals surface area contributed by atoms with Crippen molar-refractivity contribution < 1.29 is 0 Å². The second-order valence-corrected chi connectivity index (χ2v) is 6.31. The Morgan fingerprint density at radius 1 is 1.11 bits per heavy atom. The van der Waals surface area contributed by atoms with E-state index >= 15 is 0 Å². The van der Waals surface area contributed by atoms with E-state index in [0.29, 0.717) is 5.41 Å². The molecular formula is C17H25N. The van der Waals surface area contributed by atoms with E-state index in [4.69, 9.17) is 0 Å². The molecule has 2 aliphatic carbocycles. The molecule has 1 nitrogen and oxygen atoms in total. The molecule has 98 valence electrons. The Bertz CT molecular complexity index is 400. The summed E-state index contributed by atoms with van der Waals surface area (Å²) in [5.74, 6) is 0. The first-order chi connectivity index (χ1) is 8.80. The van der Waals surface area contributed by atoms with E-state index in [1.54, 1.807) is 5.56 Å². The van der Waals surface area contributed by atoms with Gasteiger partial charge in [0.15, 0.2) is 0 Å². The van der Waals surface area contributed by atoms with E-state index in [-0.39, 0.29) is 0 Å². The zero-order chi connectivity index (χ0) is 12.4. The summed E-state index contributed by atoms with van der Waals surface area (Å²) in [5, 5.41) is 3.79. The molecule has 1 N–H and O–H groups in total. The van der Waals surface area contributed by atoms with Gasteiger partial charge in [-0.3, -0.25) is 0 Å². The normalized spacial score (nSPS) is 22.9. The molecule has 0 bridgehead atoms. The van der Waals surface area contributed by atoms with Crippen LogP contribution in [0.25, 0.3) is 0 Å². The molecule has 2 fully saturated rings. The van der Waals surface area contributed by atoms with Crippen LogP contribution in [0.5, 0.6) is 0 Å². The van der Waals surface area contributed by atoms with Gasteiger partial charge in [0.2, 0.25) is 0 Å². The van der Waals surface area contributed by atoms with Gasteiger partial charge in [-0.25, -0.2) is 0 Å². The summed E-state index contributed by atoms with van der Waals surface area (Å²) in [7, 11) is 0. The highest BCUT2D eigenvalue weighted by atomic mass is 15.0. The molecule has 0 aliphatic heterocycles. The highest BCUT2D eigenvalue weighted by Gasteiger charge is 2.36. The predicted molar refractivity (Wildman–Crippen MR) is 77.0 cm³/mol. The van der Waals surface area contributed by atoms with Crippen LogP contribution in [0.2, 0.25) is 0 Å². The maximum atomic E-state index is 3.79. The van der Waals surface area contributed by atoms with Gasteiger partial charge in [-0.15, -0.1) is 0 Å². The second-order valence-electron chi connectivity index (χ2n) is 6.31. The molecule has 0 saturated heterocycles. The van der Waals surface area contributed by atoms with E-state index in [9.17, 15) is 0 Å². The number of nitrogens with one attached hydrogen (secondary N) is 1.